The minimum atomic E-state index is 0.537. The molecular formula is C16H11N5O. The summed E-state index contributed by atoms with van der Waals surface area (Å²) in [5, 5.41) is 13.8. The van der Waals surface area contributed by atoms with E-state index in [-0.39, 0.29) is 0 Å². The molecule has 0 bridgehead atoms. The van der Waals surface area contributed by atoms with Crippen LogP contribution in [0, 0.1) is 18.3 Å². The summed E-state index contributed by atoms with van der Waals surface area (Å²) in [5.74, 6) is 1.54. The Morgan fingerprint density at radius 2 is 2.23 bits per heavy atom. The molecule has 6 nitrogen and oxygen atoms in total. The summed E-state index contributed by atoms with van der Waals surface area (Å²) in [7, 11) is 0. The number of rotatable bonds is 2. The number of pyridine rings is 1. The van der Waals surface area contributed by atoms with E-state index in [2.05, 4.69) is 26.2 Å². The minimum Gasteiger partial charge on any atom is -0.361 e. The van der Waals surface area contributed by atoms with Crippen LogP contribution in [0.3, 0.4) is 0 Å². The molecule has 6 heteroatoms. The average Bonchev–Trinajstić information content (AvgIpc) is 3.12. The third-order valence-electron chi connectivity index (χ3n) is 3.51. The molecule has 4 aromatic rings. The number of fused-ring (bicyclic) bond motifs is 3. The average molecular weight is 289 g/mol. The summed E-state index contributed by atoms with van der Waals surface area (Å²) < 4.78 is 5.22. The predicted octanol–water partition coefficient (Wildman–Crippen LogP) is 2.87. The lowest BCUT2D eigenvalue weighted by atomic mass is 10.1. The van der Waals surface area contributed by atoms with Crippen molar-refractivity contribution in [2.24, 2.45) is 0 Å². The van der Waals surface area contributed by atoms with Gasteiger partial charge in [-0.05, 0) is 25.1 Å². The number of benzene rings is 1. The fourth-order valence-electron chi connectivity index (χ4n) is 2.53. The highest BCUT2D eigenvalue weighted by Crippen LogP contribution is 2.23. The van der Waals surface area contributed by atoms with Crippen molar-refractivity contribution in [2.45, 2.75) is 13.3 Å². The highest BCUT2D eigenvalue weighted by molar-refractivity contribution is 6.02. The van der Waals surface area contributed by atoms with Crippen molar-refractivity contribution in [3.05, 3.63) is 53.3 Å². The minimum absolute atomic E-state index is 0.537. The Kier molecular flexibility index (Phi) is 2.66. The lowest BCUT2D eigenvalue weighted by Crippen LogP contribution is -1.87. The second kappa shape index (κ2) is 4.67. The van der Waals surface area contributed by atoms with E-state index < -0.39 is 0 Å². The highest BCUT2D eigenvalue weighted by atomic mass is 16.5. The van der Waals surface area contributed by atoms with Crippen LogP contribution in [-0.2, 0) is 6.42 Å². The fourth-order valence-corrected chi connectivity index (χ4v) is 2.53. The standard InChI is InChI=1S/C16H11N5O/c1-9-4-11(22-21-9)6-15-19-14-8-18-13-3-2-10(7-17)5-12(13)16(14)20-15/h2-5,8H,6H2,1H3,(H,19,20). The van der Waals surface area contributed by atoms with Gasteiger partial charge in [0.15, 0.2) is 0 Å². The molecule has 3 aromatic heterocycles. The normalized spacial score (nSPS) is 11.1. The van der Waals surface area contributed by atoms with Crippen LogP contribution in [0.4, 0.5) is 0 Å². The largest absolute Gasteiger partial charge is 0.361 e. The lowest BCUT2D eigenvalue weighted by Gasteiger charge is -1.97. The molecule has 22 heavy (non-hydrogen) atoms. The molecule has 0 radical (unpaired) electrons. The number of imidazole rings is 1. The maximum atomic E-state index is 9.05. The molecule has 1 aromatic carbocycles. The van der Waals surface area contributed by atoms with E-state index in [1.165, 1.54) is 0 Å². The second-order valence-corrected chi connectivity index (χ2v) is 5.16. The molecule has 0 aliphatic carbocycles. The zero-order valence-electron chi connectivity index (χ0n) is 11.8. The van der Waals surface area contributed by atoms with Gasteiger partial charge in [0, 0.05) is 11.5 Å². The molecule has 0 aliphatic heterocycles. The van der Waals surface area contributed by atoms with Crippen LogP contribution in [0.2, 0.25) is 0 Å². The van der Waals surface area contributed by atoms with Gasteiger partial charge in [-0.15, -0.1) is 0 Å². The van der Waals surface area contributed by atoms with Crippen molar-refractivity contribution < 1.29 is 4.52 Å². The van der Waals surface area contributed by atoms with Gasteiger partial charge < -0.3 is 9.51 Å². The summed E-state index contributed by atoms with van der Waals surface area (Å²) >= 11 is 0. The first-order valence-corrected chi connectivity index (χ1v) is 6.82. The number of nitrogens with zero attached hydrogens (tertiary/aromatic N) is 4. The van der Waals surface area contributed by atoms with Gasteiger partial charge in [-0.1, -0.05) is 5.16 Å². The summed E-state index contributed by atoms with van der Waals surface area (Å²) in [4.78, 5) is 12.3. The van der Waals surface area contributed by atoms with E-state index in [9.17, 15) is 0 Å². The van der Waals surface area contributed by atoms with Crippen LogP contribution in [-0.4, -0.2) is 20.1 Å². The Labute approximate surface area is 125 Å². The molecule has 0 fully saturated rings. The number of nitrogens with one attached hydrogen (secondary N) is 1. The Hall–Kier alpha value is -3.20. The van der Waals surface area contributed by atoms with Gasteiger partial charge in [-0.2, -0.15) is 5.26 Å². The third-order valence-corrected chi connectivity index (χ3v) is 3.51. The first kappa shape index (κ1) is 12.5. The lowest BCUT2D eigenvalue weighted by molar-refractivity contribution is 0.384. The topological polar surface area (TPSA) is 91.4 Å². The smallest absolute Gasteiger partial charge is 0.144 e. The van der Waals surface area contributed by atoms with Crippen LogP contribution >= 0.6 is 0 Å². The first-order chi connectivity index (χ1) is 10.7. The molecule has 0 unspecified atom stereocenters. The number of H-pyrrole nitrogens is 1. The summed E-state index contributed by atoms with van der Waals surface area (Å²) in [6.07, 6.45) is 2.29. The van der Waals surface area contributed by atoms with Crippen LogP contribution in [0.15, 0.2) is 35.0 Å². The fraction of sp³-hybridized carbons (Fsp3) is 0.125. The van der Waals surface area contributed by atoms with Crippen LogP contribution in [0.1, 0.15) is 22.8 Å². The number of aromatic amines is 1. The molecular weight excluding hydrogens is 278 g/mol. The Morgan fingerprint density at radius 3 is 3.00 bits per heavy atom. The van der Waals surface area contributed by atoms with Gasteiger partial charge in [-0.3, -0.25) is 4.98 Å². The van der Waals surface area contributed by atoms with Gasteiger partial charge in [0.05, 0.1) is 46.5 Å². The maximum absolute atomic E-state index is 9.05. The molecule has 3 heterocycles. The van der Waals surface area contributed by atoms with Gasteiger partial charge in [0.2, 0.25) is 0 Å². The van der Waals surface area contributed by atoms with Crippen molar-refractivity contribution in [1.29, 1.82) is 5.26 Å². The monoisotopic (exact) mass is 289 g/mol. The van der Waals surface area contributed by atoms with Crippen LogP contribution in [0.5, 0.6) is 0 Å². The Balaban J connectivity index is 1.85. The molecule has 1 N–H and O–H groups in total. The Bertz CT molecular complexity index is 1040. The quantitative estimate of drug-likeness (QED) is 0.612. The zero-order valence-corrected chi connectivity index (χ0v) is 11.8. The van der Waals surface area contributed by atoms with Crippen molar-refractivity contribution >= 4 is 21.9 Å². The first-order valence-electron chi connectivity index (χ1n) is 6.82. The summed E-state index contributed by atoms with van der Waals surface area (Å²) in [6, 6.07) is 9.43. The van der Waals surface area contributed by atoms with Crippen molar-refractivity contribution in [3.63, 3.8) is 0 Å². The maximum Gasteiger partial charge on any atom is 0.144 e. The van der Waals surface area contributed by atoms with E-state index in [0.717, 1.165) is 39.2 Å². The van der Waals surface area contributed by atoms with Gasteiger partial charge in [0.25, 0.3) is 0 Å². The molecule has 0 amide bonds. The number of hydrogen-bond acceptors (Lipinski definition) is 5. The molecule has 4 rings (SSSR count). The Morgan fingerprint density at radius 1 is 1.32 bits per heavy atom. The van der Waals surface area contributed by atoms with Crippen LogP contribution < -0.4 is 0 Å². The summed E-state index contributed by atoms with van der Waals surface area (Å²) in [6.45, 7) is 1.88. The van der Waals surface area contributed by atoms with Gasteiger partial charge in [0.1, 0.15) is 11.6 Å². The number of hydrogen-bond donors (Lipinski definition) is 1. The van der Waals surface area contributed by atoms with Gasteiger partial charge >= 0.3 is 0 Å². The van der Waals surface area contributed by atoms with E-state index in [1.54, 1.807) is 12.3 Å². The van der Waals surface area contributed by atoms with Crippen molar-refractivity contribution in [2.75, 3.05) is 0 Å². The molecule has 0 saturated heterocycles. The summed E-state index contributed by atoms with van der Waals surface area (Å²) in [5.41, 5.74) is 3.91. The molecule has 0 spiro atoms. The van der Waals surface area contributed by atoms with Gasteiger partial charge in [-0.25, -0.2) is 4.98 Å². The second-order valence-electron chi connectivity index (χ2n) is 5.16. The van der Waals surface area contributed by atoms with E-state index in [1.807, 2.05) is 25.1 Å². The predicted molar refractivity (Wildman–Crippen MR) is 80.2 cm³/mol. The molecule has 0 aliphatic rings. The molecule has 0 atom stereocenters. The third kappa shape index (κ3) is 2.00. The van der Waals surface area contributed by atoms with Crippen molar-refractivity contribution in [3.8, 4) is 6.07 Å². The number of aryl methyl sites for hydroxylation is 1. The SMILES string of the molecule is Cc1cc(Cc2nc3c(cnc4ccc(C#N)cc43)[nH]2)on1. The van der Waals surface area contributed by atoms with Crippen molar-refractivity contribution in [1.82, 2.24) is 20.1 Å². The number of aromatic nitrogens is 4. The van der Waals surface area contributed by atoms with E-state index in [4.69, 9.17) is 9.78 Å². The van der Waals surface area contributed by atoms with E-state index in [0.29, 0.717) is 12.0 Å². The molecule has 0 saturated carbocycles. The zero-order chi connectivity index (χ0) is 15.1. The number of nitriles is 1. The highest BCUT2D eigenvalue weighted by Gasteiger charge is 2.11. The van der Waals surface area contributed by atoms with Crippen LogP contribution in [0.25, 0.3) is 21.9 Å². The van der Waals surface area contributed by atoms with E-state index >= 15 is 0 Å². The molecule has 106 valence electrons.